The van der Waals surface area contributed by atoms with Gasteiger partial charge in [0.25, 0.3) is 5.91 Å². The van der Waals surface area contributed by atoms with Crippen LogP contribution in [0, 0.1) is 0 Å². The van der Waals surface area contributed by atoms with E-state index < -0.39 is 44.5 Å². The number of β-lactam (4-membered cyclic amide) rings is 1. The highest BCUT2D eigenvalue weighted by molar-refractivity contribution is 7.92. The molecule has 2 aliphatic rings. The Labute approximate surface area is 147 Å². The van der Waals surface area contributed by atoms with E-state index in [9.17, 15) is 27.9 Å². The number of carbonyl (C=O) groups is 3. The monoisotopic (exact) mass is 376 g/mol. The number of rotatable bonds is 4. The predicted molar refractivity (Wildman–Crippen MR) is 88.1 cm³/mol. The molecule has 2 aliphatic heterocycles. The number of allylic oxidation sites excluding steroid dienone is 1. The van der Waals surface area contributed by atoms with Crippen LogP contribution in [0.3, 0.4) is 0 Å². The highest BCUT2D eigenvalue weighted by Crippen LogP contribution is 2.41. The van der Waals surface area contributed by atoms with Gasteiger partial charge in [-0.1, -0.05) is 6.07 Å². The van der Waals surface area contributed by atoms with Crippen LogP contribution in [-0.2, 0) is 24.2 Å². The first-order valence-corrected chi connectivity index (χ1v) is 8.99. The van der Waals surface area contributed by atoms with E-state index in [1.807, 2.05) is 0 Å². The van der Waals surface area contributed by atoms with E-state index >= 15 is 0 Å². The lowest BCUT2D eigenvalue weighted by Crippen LogP contribution is -2.62. The molecule has 0 saturated carbocycles. The van der Waals surface area contributed by atoms with E-state index in [1.165, 1.54) is 12.3 Å². The summed E-state index contributed by atoms with van der Waals surface area (Å²) in [7, 11) is -3.95. The van der Waals surface area contributed by atoms with Crippen LogP contribution >= 0.6 is 0 Å². The van der Waals surface area contributed by atoms with Crippen LogP contribution in [-0.4, -0.2) is 57.5 Å². The van der Waals surface area contributed by atoms with Crippen molar-refractivity contribution < 1.29 is 33.0 Å². The fourth-order valence-electron chi connectivity index (χ4n) is 2.81. The number of sulfone groups is 1. The van der Waals surface area contributed by atoms with E-state index in [0.717, 1.165) is 6.08 Å². The number of aliphatic carboxylic acids is 2. The molecular formula is C16H12N2O7S. The molecule has 2 N–H and O–H groups in total. The second-order valence-electron chi connectivity index (χ2n) is 5.54. The molecule has 1 aromatic rings. The molecule has 1 aromatic heterocycles. The SMILES string of the molecule is O=C(O)/C=C/C1=C(C(=O)O)N2C(=O)/C(=C/c3ccccn3)[C@H]2S(=O)(=O)C1. The van der Waals surface area contributed by atoms with Gasteiger partial charge in [0.2, 0.25) is 0 Å². The van der Waals surface area contributed by atoms with Gasteiger partial charge in [-0.25, -0.2) is 18.0 Å². The lowest BCUT2D eigenvalue weighted by atomic mass is 10.0. The Kier molecular flexibility index (Phi) is 4.20. The van der Waals surface area contributed by atoms with Crippen LogP contribution in [0.1, 0.15) is 5.69 Å². The third-order valence-corrected chi connectivity index (χ3v) is 5.69. The highest BCUT2D eigenvalue weighted by atomic mass is 32.2. The molecule has 134 valence electrons. The number of carbonyl (C=O) groups excluding carboxylic acids is 1. The van der Waals surface area contributed by atoms with Crippen LogP contribution in [0.15, 0.2) is 53.4 Å². The van der Waals surface area contributed by atoms with Crippen molar-refractivity contribution in [1.82, 2.24) is 9.88 Å². The van der Waals surface area contributed by atoms with Crippen LogP contribution in [0.5, 0.6) is 0 Å². The molecular weight excluding hydrogens is 364 g/mol. The van der Waals surface area contributed by atoms with Crippen LogP contribution in [0.4, 0.5) is 0 Å². The topological polar surface area (TPSA) is 142 Å². The number of carboxylic acid groups (broad SMARTS) is 2. The Morgan fingerprint density at radius 3 is 2.58 bits per heavy atom. The van der Waals surface area contributed by atoms with Crippen molar-refractivity contribution in [3.8, 4) is 0 Å². The van der Waals surface area contributed by atoms with Gasteiger partial charge in [-0.2, -0.15) is 0 Å². The summed E-state index contributed by atoms with van der Waals surface area (Å²) in [5.74, 6) is -4.35. The van der Waals surface area contributed by atoms with Gasteiger partial charge in [0, 0.05) is 12.3 Å². The minimum atomic E-state index is -3.95. The molecule has 1 atom stereocenters. The maximum atomic E-state index is 12.5. The number of aromatic nitrogens is 1. The van der Waals surface area contributed by atoms with Crippen molar-refractivity contribution in [2.75, 3.05) is 5.75 Å². The van der Waals surface area contributed by atoms with Gasteiger partial charge >= 0.3 is 11.9 Å². The fourth-order valence-corrected chi connectivity index (χ4v) is 4.71. The zero-order valence-corrected chi connectivity index (χ0v) is 13.9. The van der Waals surface area contributed by atoms with Gasteiger partial charge in [-0.3, -0.25) is 14.7 Å². The van der Waals surface area contributed by atoms with Gasteiger partial charge in [0.15, 0.2) is 15.2 Å². The molecule has 0 aromatic carbocycles. The van der Waals surface area contributed by atoms with Crippen molar-refractivity contribution >= 4 is 33.8 Å². The van der Waals surface area contributed by atoms with Crippen molar-refractivity contribution in [1.29, 1.82) is 0 Å². The summed E-state index contributed by atoms with van der Waals surface area (Å²) >= 11 is 0. The number of pyridine rings is 1. The number of hydrogen-bond acceptors (Lipinski definition) is 6. The maximum Gasteiger partial charge on any atom is 0.352 e. The smallest absolute Gasteiger partial charge is 0.352 e. The quantitative estimate of drug-likeness (QED) is 0.554. The molecule has 9 nitrogen and oxygen atoms in total. The van der Waals surface area contributed by atoms with E-state index in [1.54, 1.807) is 18.2 Å². The Morgan fingerprint density at radius 2 is 2.00 bits per heavy atom. The summed E-state index contributed by atoms with van der Waals surface area (Å²) in [6, 6.07) is 4.89. The predicted octanol–water partition coefficient (Wildman–Crippen LogP) is 0.0412. The van der Waals surface area contributed by atoms with Crippen molar-refractivity contribution in [3.63, 3.8) is 0 Å². The molecule has 1 saturated heterocycles. The summed E-state index contributed by atoms with van der Waals surface area (Å²) in [6.07, 6.45) is 4.29. The molecule has 1 fully saturated rings. The third kappa shape index (κ3) is 2.90. The minimum absolute atomic E-state index is 0.0799. The van der Waals surface area contributed by atoms with Crippen LogP contribution in [0.25, 0.3) is 6.08 Å². The van der Waals surface area contributed by atoms with Crippen molar-refractivity contribution in [2.24, 2.45) is 0 Å². The Morgan fingerprint density at radius 1 is 1.27 bits per heavy atom. The van der Waals surface area contributed by atoms with E-state index in [4.69, 9.17) is 5.11 Å². The van der Waals surface area contributed by atoms with Crippen molar-refractivity contribution in [2.45, 2.75) is 5.37 Å². The lowest BCUT2D eigenvalue weighted by Gasteiger charge is -2.45. The van der Waals surface area contributed by atoms with Crippen molar-refractivity contribution in [3.05, 3.63) is 59.1 Å². The number of nitrogens with zero attached hydrogens (tertiary/aromatic N) is 2. The first-order valence-electron chi connectivity index (χ1n) is 7.27. The molecule has 0 aliphatic carbocycles. The normalized spacial score (nSPS) is 23.1. The molecule has 10 heteroatoms. The number of fused-ring (bicyclic) bond motifs is 1. The summed E-state index contributed by atoms with van der Waals surface area (Å²) in [6.45, 7) is 0. The number of amides is 1. The average Bonchev–Trinajstić information content (AvgIpc) is 2.57. The van der Waals surface area contributed by atoms with Gasteiger partial charge in [0.1, 0.15) is 5.70 Å². The lowest BCUT2D eigenvalue weighted by molar-refractivity contribution is -0.141. The third-order valence-electron chi connectivity index (χ3n) is 3.83. The molecule has 26 heavy (non-hydrogen) atoms. The molecule has 0 bridgehead atoms. The zero-order chi connectivity index (χ0) is 19.1. The minimum Gasteiger partial charge on any atom is -0.478 e. The van der Waals surface area contributed by atoms with Gasteiger partial charge < -0.3 is 10.2 Å². The number of hydrogen-bond donors (Lipinski definition) is 2. The van der Waals surface area contributed by atoms with Crippen LogP contribution in [0.2, 0.25) is 0 Å². The Balaban J connectivity index is 2.10. The van der Waals surface area contributed by atoms with Gasteiger partial charge in [-0.05, 0) is 29.9 Å². The maximum absolute atomic E-state index is 12.5. The summed E-state index contributed by atoms with van der Waals surface area (Å²) < 4.78 is 25.1. The highest BCUT2D eigenvalue weighted by Gasteiger charge is 2.56. The largest absolute Gasteiger partial charge is 0.478 e. The molecule has 3 heterocycles. The fraction of sp³-hybridized carbons (Fsp3) is 0.125. The standard InChI is InChI=1S/C16H12N2O7S/c19-12(20)5-4-9-8-26(24,25)15-11(7-10-3-1-2-6-17-10)14(21)18(15)13(9)16(22)23/h1-7,15H,8H2,(H,19,20)(H,22,23)/b5-4+,11-7-/t15-/m1/s1. The van der Waals surface area contributed by atoms with Gasteiger partial charge in [0.05, 0.1) is 17.0 Å². The van der Waals surface area contributed by atoms with E-state index in [2.05, 4.69) is 4.98 Å². The molecule has 1 amide bonds. The molecule has 0 radical (unpaired) electrons. The second kappa shape index (κ2) is 6.23. The first kappa shape index (κ1) is 17.5. The molecule has 0 spiro atoms. The summed E-state index contributed by atoms with van der Waals surface area (Å²) in [5.41, 5.74) is -0.515. The number of carboxylic acids is 2. The zero-order valence-electron chi connectivity index (χ0n) is 13.1. The second-order valence-corrected chi connectivity index (χ2v) is 7.60. The molecule has 3 rings (SSSR count). The molecule has 0 unspecified atom stereocenters. The summed E-state index contributed by atoms with van der Waals surface area (Å²) in [5, 5.41) is 16.7. The Bertz CT molecular complexity index is 1010. The first-order chi connectivity index (χ1) is 12.2. The van der Waals surface area contributed by atoms with E-state index in [0.29, 0.717) is 16.7 Å². The van der Waals surface area contributed by atoms with Crippen LogP contribution < -0.4 is 0 Å². The average molecular weight is 376 g/mol. The van der Waals surface area contributed by atoms with E-state index in [-0.39, 0.29) is 11.1 Å². The van der Waals surface area contributed by atoms with Gasteiger partial charge in [-0.15, -0.1) is 0 Å². The summed E-state index contributed by atoms with van der Waals surface area (Å²) in [4.78, 5) is 39.3. The Hall–Kier alpha value is -3.27.